The Morgan fingerprint density at radius 2 is 1.97 bits per heavy atom. The van der Waals surface area contributed by atoms with Gasteiger partial charge in [-0.25, -0.2) is 9.87 Å². The number of nitrogens with one attached hydrogen (secondary N) is 2. The molecule has 6 heteroatoms. The SMILES string of the molecule is C=CC=C.O=C(/C=C/c1ccc(CNCCc2cccc3ccsc23)cc1F)NO. The molecule has 3 rings (SSSR count). The zero-order valence-electron chi connectivity index (χ0n) is 16.6. The van der Waals surface area contributed by atoms with E-state index in [9.17, 15) is 9.18 Å². The maximum atomic E-state index is 14.0. The Morgan fingerprint density at radius 3 is 2.67 bits per heavy atom. The number of thiophene rings is 1. The number of benzene rings is 2. The van der Waals surface area contributed by atoms with Crippen LogP contribution in [0.5, 0.6) is 0 Å². The lowest BCUT2D eigenvalue weighted by molar-refractivity contribution is -0.124. The molecule has 0 radical (unpaired) electrons. The van der Waals surface area contributed by atoms with Gasteiger partial charge in [0.05, 0.1) is 0 Å². The summed E-state index contributed by atoms with van der Waals surface area (Å²) in [7, 11) is 0. The molecule has 0 aliphatic heterocycles. The van der Waals surface area contributed by atoms with Crippen LogP contribution in [-0.2, 0) is 17.8 Å². The number of carbonyl (C=O) groups excluding carboxylic acids is 1. The van der Waals surface area contributed by atoms with E-state index in [1.165, 1.54) is 33.3 Å². The quantitative estimate of drug-likeness (QED) is 0.152. The van der Waals surface area contributed by atoms with Gasteiger partial charge in [-0.2, -0.15) is 0 Å². The molecule has 0 saturated heterocycles. The lowest BCUT2D eigenvalue weighted by Gasteiger charge is -2.07. The van der Waals surface area contributed by atoms with Crippen LogP contribution in [0.25, 0.3) is 16.2 Å². The van der Waals surface area contributed by atoms with Gasteiger partial charge in [0.15, 0.2) is 0 Å². The topological polar surface area (TPSA) is 61.4 Å². The lowest BCUT2D eigenvalue weighted by Crippen LogP contribution is -2.17. The van der Waals surface area contributed by atoms with Gasteiger partial charge in [0.1, 0.15) is 5.82 Å². The minimum atomic E-state index is -0.698. The summed E-state index contributed by atoms with van der Waals surface area (Å²) in [5.74, 6) is -1.11. The van der Waals surface area contributed by atoms with Crippen molar-refractivity contribution in [1.82, 2.24) is 10.8 Å². The molecule has 3 N–H and O–H groups in total. The first-order valence-corrected chi connectivity index (χ1v) is 10.3. The van der Waals surface area contributed by atoms with Crippen molar-refractivity contribution in [2.24, 2.45) is 0 Å². The zero-order valence-corrected chi connectivity index (χ0v) is 17.4. The van der Waals surface area contributed by atoms with E-state index in [1.807, 2.05) is 6.07 Å². The van der Waals surface area contributed by atoms with Crippen LogP contribution in [0.2, 0.25) is 0 Å². The van der Waals surface area contributed by atoms with Crippen LogP contribution in [0, 0.1) is 5.82 Å². The highest BCUT2D eigenvalue weighted by atomic mass is 32.1. The first-order valence-electron chi connectivity index (χ1n) is 9.39. The van der Waals surface area contributed by atoms with Crippen molar-refractivity contribution in [1.29, 1.82) is 0 Å². The van der Waals surface area contributed by atoms with Crippen LogP contribution in [0.4, 0.5) is 4.39 Å². The van der Waals surface area contributed by atoms with Gasteiger partial charge in [0.25, 0.3) is 5.91 Å². The van der Waals surface area contributed by atoms with Gasteiger partial charge in [-0.15, -0.1) is 11.3 Å². The third-order valence-electron chi connectivity index (χ3n) is 4.22. The third kappa shape index (κ3) is 7.08. The van der Waals surface area contributed by atoms with Gasteiger partial charge < -0.3 is 5.32 Å². The van der Waals surface area contributed by atoms with Crippen molar-refractivity contribution in [3.63, 3.8) is 0 Å². The van der Waals surface area contributed by atoms with E-state index in [4.69, 9.17) is 5.21 Å². The second-order valence-electron chi connectivity index (χ2n) is 6.32. The van der Waals surface area contributed by atoms with E-state index < -0.39 is 11.7 Å². The van der Waals surface area contributed by atoms with Crippen molar-refractivity contribution in [3.05, 3.63) is 102 Å². The van der Waals surface area contributed by atoms with Crippen molar-refractivity contribution >= 4 is 33.4 Å². The standard InChI is InChI=1S/C20H19FN2O2S.C4H6/c21-18-12-14(4-5-15(18)6-7-19(24)23-25)13-22-10-8-16-2-1-3-17-9-11-26-20(16)17;1-3-4-2/h1-7,9,11-12,22,25H,8,10,13H2,(H,23,24);3-4H,1-2H2/b7-6+;. The Bertz CT molecular complexity index is 1020. The molecule has 1 amide bonds. The van der Waals surface area contributed by atoms with Crippen LogP contribution in [0.1, 0.15) is 16.7 Å². The molecule has 4 nitrogen and oxygen atoms in total. The number of hydrogen-bond donors (Lipinski definition) is 3. The molecule has 0 spiro atoms. The van der Waals surface area contributed by atoms with Crippen LogP contribution < -0.4 is 10.8 Å². The molecule has 2 aromatic carbocycles. The lowest BCUT2D eigenvalue weighted by atomic mass is 10.1. The smallest absolute Gasteiger partial charge is 0.267 e. The highest BCUT2D eigenvalue weighted by molar-refractivity contribution is 7.17. The molecule has 0 aliphatic rings. The Morgan fingerprint density at radius 1 is 1.17 bits per heavy atom. The molecule has 0 unspecified atom stereocenters. The first-order chi connectivity index (χ1) is 14.6. The van der Waals surface area contributed by atoms with Crippen molar-refractivity contribution in [3.8, 4) is 0 Å². The molecular formula is C24H25FN2O2S. The molecule has 0 atom stereocenters. The zero-order chi connectivity index (χ0) is 21.8. The van der Waals surface area contributed by atoms with E-state index in [2.05, 4.69) is 48.1 Å². The van der Waals surface area contributed by atoms with E-state index in [1.54, 1.807) is 29.6 Å². The van der Waals surface area contributed by atoms with E-state index in [0.29, 0.717) is 12.1 Å². The van der Waals surface area contributed by atoms with Crippen molar-refractivity contribution < 1.29 is 14.4 Å². The van der Waals surface area contributed by atoms with Crippen molar-refractivity contribution in [2.45, 2.75) is 13.0 Å². The van der Waals surface area contributed by atoms with E-state index in [0.717, 1.165) is 24.6 Å². The molecule has 3 aromatic rings. The molecule has 0 aliphatic carbocycles. The van der Waals surface area contributed by atoms with Gasteiger partial charge in [0, 0.05) is 22.9 Å². The summed E-state index contributed by atoms with van der Waals surface area (Å²) in [6.07, 6.45) is 6.58. The number of hydroxylamine groups is 1. The normalized spacial score (nSPS) is 10.5. The third-order valence-corrected chi connectivity index (χ3v) is 5.22. The molecular weight excluding hydrogens is 399 g/mol. The summed E-state index contributed by atoms with van der Waals surface area (Å²) < 4.78 is 15.4. The number of allylic oxidation sites excluding steroid dienone is 2. The fraction of sp³-hybridized carbons (Fsp3) is 0.125. The van der Waals surface area contributed by atoms with Crippen LogP contribution in [-0.4, -0.2) is 17.7 Å². The summed E-state index contributed by atoms with van der Waals surface area (Å²) in [6.45, 7) is 8.09. The van der Waals surface area contributed by atoms with Crippen molar-refractivity contribution in [2.75, 3.05) is 6.54 Å². The second-order valence-corrected chi connectivity index (χ2v) is 7.24. The van der Waals surface area contributed by atoms with E-state index in [-0.39, 0.29) is 0 Å². The summed E-state index contributed by atoms with van der Waals surface area (Å²) >= 11 is 1.75. The summed E-state index contributed by atoms with van der Waals surface area (Å²) in [4.78, 5) is 10.9. The molecule has 0 saturated carbocycles. The Hall–Kier alpha value is -3.06. The Labute approximate surface area is 180 Å². The maximum absolute atomic E-state index is 14.0. The van der Waals surface area contributed by atoms with Gasteiger partial charge in [-0.1, -0.05) is 55.6 Å². The minimum absolute atomic E-state index is 0.293. The maximum Gasteiger partial charge on any atom is 0.267 e. The molecule has 1 heterocycles. The van der Waals surface area contributed by atoms with Crippen LogP contribution in [0.15, 0.2) is 79.2 Å². The fourth-order valence-corrected chi connectivity index (χ4v) is 3.67. The Balaban J connectivity index is 0.000000735. The monoisotopic (exact) mass is 424 g/mol. The number of rotatable bonds is 8. The number of amides is 1. The van der Waals surface area contributed by atoms with Gasteiger partial charge in [-0.3, -0.25) is 10.0 Å². The summed E-state index contributed by atoms with van der Waals surface area (Å²) in [5.41, 5.74) is 3.91. The molecule has 1 aromatic heterocycles. The number of carbonyl (C=O) groups is 1. The highest BCUT2D eigenvalue weighted by Crippen LogP contribution is 2.24. The highest BCUT2D eigenvalue weighted by Gasteiger charge is 2.04. The second kappa shape index (κ2) is 12.5. The van der Waals surface area contributed by atoms with E-state index >= 15 is 0 Å². The molecule has 0 fully saturated rings. The summed E-state index contributed by atoms with van der Waals surface area (Å²) in [6, 6.07) is 13.3. The number of hydrogen-bond acceptors (Lipinski definition) is 4. The fourth-order valence-electron chi connectivity index (χ4n) is 2.73. The number of fused-ring (bicyclic) bond motifs is 1. The minimum Gasteiger partial charge on any atom is -0.312 e. The Kier molecular flexibility index (Phi) is 9.67. The molecule has 30 heavy (non-hydrogen) atoms. The average molecular weight is 425 g/mol. The van der Waals surface area contributed by atoms with Crippen LogP contribution in [0.3, 0.4) is 0 Å². The number of halogens is 1. The summed E-state index contributed by atoms with van der Waals surface area (Å²) in [5, 5.41) is 15.1. The molecule has 0 bridgehead atoms. The van der Waals surface area contributed by atoms with Gasteiger partial charge in [0.2, 0.25) is 0 Å². The first kappa shape index (κ1) is 23.2. The predicted molar refractivity (Wildman–Crippen MR) is 123 cm³/mol. The molecule has 156 valence electrons. The largest absolute Gasteiger partial charge is 0.312 e. The van der Waals surface area contributed by atoms with Crippen LogP contribution >= 0.6 is 11.3 Å². The predicted octanol–water partition coefficient (Wildman–Crippen LogP) is 5.25. The van der Waals surface area contributed by atoms with Gasteiger partial charge >= 0.3 is 0 Å². The average Bonchev–Trinajstić information content (AvgIpc) is 3.25. The van der Waals surface area contributed by atoms with Gasteiger partial charge in [-0.05, 0) is 53.1 Å².